The van der Waals surface area contributed by atoms with Gasteiger partial charge in [0.25, 0.3) is 0 Å². The molecule has 1 aromatic heterocycles. The van der Waals surface area contributed by atoms with E-state index in [1.807, 2.05) is 11.9 Å². The molecule has 0 saturated heterocycles. The van der Waals surface area contributed by atoms with Crippen molar-refractivity contribution in [3.63, 3.8) is 0 Å². The molecule has 1 N–H and O–H groups in total. The van der Waals surface area contributed by atoms with Gasteiger partial charge in [0.05, 0.1) is 6.20 Å². The van der Waals surface area contributed by atoms with E-state index in [9.17, 15) is 4.39 Å². The molecule has 0 radical (unpaired) electrons. The number of halogens is 1. The molecular weight excluding hydrogens is 181 g/mol. The first kappa shape index (κ1) is 10.9. The van der Waals surface area contributed by atoms with E-state index >= 15 is 0 Å². The summed E-state index contributed by atoms with van der Waals surface area (Å²) < 4.78 is 12.6. The minimum Gasteiger partial charge on any atom is -0.358 e. The van der Waals surface area contributed by atoms with Crippen molar-refractivity contribution in [2.24, 2.45) is 0 Å². The third-order valence-electron chi connectivity index (χ3n) is 1.98. The molecule has 0 saturated carbocycles. The summed E-state index contributed by atoms with van der Waals surface area (Å²) in [6, 6.07) is 3.10. The molecule has 0 bridgehead atoms. The second-order valence-electron chi connectivity index (χ2n) is 3.11. The molecule has 0 amide bonds. The fourth-order valence-corrected chi connectivity index (χ4v) is 1.13. The van der Waals surface area contributed by atoms with E-state index in [-0.39, 0.29) is 5.82 Å². The van der Waals surface area contributed by atoms with Crippen LogP contribution in [0.1, 0.15) is 6.92 Å². The lowest BCUT2D eigenvalue weighted by atomic mass is 10.4. The highest BCUT2D eigenvalue weighted by Gasteiger charge is 2.00. The van der Waals surface area contributed by atoms with Crippen molar-refractivity contribution in [2.75, 3.05) is 31.6 Å². The summed E-state index contributed by atoms with van der Waals surface area (Å²) in [5.41, 5.74) is 0. The molecule has 1 rings (SSSR count). The van der Waals surface area contributed by atoms with Crippen LogP contribution < -0.4 is 10.2 Å². The molecule has 0 aliphatic heterocycles. The number of hydrogen-bond donors (Lipinski definition) is 1. The van der Waals surface area contributed by atoms with Crippen LogP contribution in [0.3, 0.4) is 0 Å². The Morgan fingerprint density at radius 1 is 1.50 bits per heavy atom. The molecule has 0 aromatic carbocycles. The predicted octanol–water partition coefficient (Wildman–Crippen LogP) is 1.27. The van der Waals surface area contributed by atoms with Crippen molar-refractivity contribution < 1.29 is 4.39 Å². The van der Waals surface area contributed by atoms with Crippen LogP contribution in [0.2, 0.25) is 0 Å². The predicted molar refractivity (Wildman–Crippen MR) is 56.0 cm³/mol. The molecule has 1 aromatic rings. The molecule has 3 nitrogen and oxygen atoms in total. The van der Waals surface area contributed by atoms with Gasteiger partial charge in [-0.25, -0.2) is 9.37 Å². The van der Waals surface area contributed by atoms with Gasteiger partial charge in [-0.05, 0) is 18.7 Å². The van der Waals surface area contributed by atoms with Crippen molar-refractivity contribution in [2.45, 2.75) is 6.92 Å². The lowest BCUT2D eigenvalue weighted by Crippen LogP contribution is -2.29. The summed E-state index contributed by atoms with van der Waals surface area (Å²) in [6.07, 6.45) is 1.24. The number of pyridine rings is 1. The fourth-order valence-electron chi connectivity index (χ4n) is 1.13. The van der Waals surface area contributed by atoms with E-state index in [0.29, 0.717) is 0 Å². The largest absolute Gasteiger partial charge is 0.358 e. The summed E-state index contributed by atoms with van der Waals surface area (Å²) in [5, 5.41) is 3.22. The van der Waals surface area contributed by atoms with E-state index in [4.69, 9.17) is 0 Å². The maximum Gasteiger partial charge on any atom is 0.141 e. The lowest BCUT2D eigenvalue weighted by molar-refractivity contribution is 0.620. The molecule has 0 aliphatic carbocycles. The molecule has 0 fully saturated rings. The Morgan fingerprint density at radius 2 is 2.29 bits per heavy atom. The Morgan fingerprint density at radius 3 is 2.86 bits per heavy atom. The van der Waals surface area contributed by atoms with Gasteiger partial charge >= 0.3 is 0 Å². The van der Waals surface area contributed by atoms with Crippen LogP contribution >= 0.6 is 0 Å². The van der Waals surface area contributed by atoms with Crippen LogP contribution in [0, 0.1) is 5.82 Å². The summed E-state index contributed by atoms with van der Waals surface area (Å²) in [6.45, 7) is 4.80. The highest BCUT2D eigenvalue weighted by atomic mass is 19.1. The maximum atomic E-state index is 12.6. The molecule has 4 heteroatoms. The highest BCUT2D eigenvalue weighted by molar-refractivity contribution is 5.36. The molecular formula is C10H16FN3. The van der Waals surface area contributed by atoms with E-state index in [1.165, 1.54) is 12.3 Å². The monoisotopic (exact) mass is 197 g/mol. The first-order chi connectivity index (χ1) is 6.74. The van der Waals surface area contributed by atoms with Gasteiger partial charge in [0, 0.05) is 20.1 Å². The van der Waals surface area contributed by atoms with Gasteiger partial charge < -0.3 is 10.2 Å². The van der Waals surface area contributed by atoms with Gasteiger partial charge in [0.1, 0.15) is 11.6 Å². The minimum absolute atomic E-state index is 0.297. The number of hydrogen-bond acceptors (Lipinski definition) is 3. The van der Waals surface area contributed by atoms with Gasteiger partial charge in [-0.1, -0.05) is 6.92 Å². The number of nitrogens with zero attached hydrogens (tertiary/aromatic N) is 2. The average molecular weight is 197 g/mol. The van der Waals surface area contributed by atoms with Gasteiger partial charge in [-0.3, -0.25) is 0 Å². The van der Waals surface area contributed by atoms with Crippen LogP contribution in [0.5, 0.6) is 0 Å². The van der Waals surface area contributed by atoms with Crippen LogP contribution in [-0.4, -0.2) is 31.7 Å². The topological polar surface area (TPSA) is 28.2 Å². The first-order valence-electron chi connectivity index (χ1n) is 4.77. The standard InChI is InChI=1S/C10H16FN3/c1-3-12-6-7-14(2)10-5-4-9(11)8-13-10/h4-5,8,12H,3,6-7H2,1-2H3. The van der Waals surface area contributed by atoms with E-state index in [1.54, 1.807) is 6.07 Å². The summed E-state index contributed by atoms with van der Waals surface area (Å²) in [7, 11) is 1.94. The number of anilines is 1. The minimum atomic E-state index is -0.297. The highest BCUT2D eigenvalue weighted by Crippen LogP contribution is 2.07. The van der Waals surface area contributed by atoms with Crippen LogP contribution in [0.4, 0.5) is 10.2 Å². The van der Waals surface area contributed by atoms with Crippen molar-refractivity contribution in [3.05, 3.63) is 24.1 Å². The van der Waals surface area contributed by atoms with Crippen LogP contribution in [-0.2, 0) is 0 Å². The van der Waals surface area contributed by atoms with E-state index in [0.717, 1.165) is 25.5 Å². The number of likely N-dealkylation sites (N-methyl/N-ethyl adjacent to an activating group) is 2. The van der Waals surface area contributed by atoms with Crippen molar-refractivity contribution in [1.29, 1.82) is 0 Å². The fraction of sp³-hybridized carbons (Fsp3) is 0.500. The Balaban J connectivity index is 2.43. The summed E-state index contributed by atoms with van der Waals surface area (Å²) >= 11 is 0. The molecule has 0 unspecified atom stereocenters. The Hall–Kier alpha value is -1.16. The molecule has 78 valence electrons. The Labute approximate surface area is 84.0 Å². The maximum absolute atomic E-state index is 12.6. The normalized spacial score (nSPS) is 10.2. The van der Waals surface area contributed by atoms with E-state index in [2.05, 4.69) is 17.2 Å². The van der Waals surface area contributed by atoms with Crippen molar-refractivity contribution >= 4 is 5.82 Å². The Bertz CT molecular complexity index is 261. The molecule has 0 spiro atoms. The van der Waals surface area contributed by atoms with Gasteiger partial charge in [-0.15, -0.1) is 0 Å². The molecule has 14 heavy (non-hydrogen) atoms. The van der Waals surface area contributed by atoms with Crippen LogP contribution in [0.25, 0.3) is 0 Å². The second-order valence-corrected chi connectivity index (χ2v) is 3.11. The SMILES string of the molecule is CCNCCN(C)c1ccc(F)cn1. The summed E-state index contributed by atoms with van der Waals surface area (Å²) in [5.74, 6) is 0.498. The van der Waals surface area contributed by atoms with Crippen LogP contribution in [0.15, 0.2) is 18.3 Å². The zero-order valence-electron chi connectivity index (χ0n) is 8.63. The van der Waals surface area contributed by atoms with E-state index < -0.39 is 0 Å². The number of nitrogens with one attached hydrogen (secondary N) is 1. The molecule has 0 atom stereocenters. The third-order valence-corrected chi connectivity index (χ3v) is 1.98. The van der Waals surface area contributed by atoms with Gasteiger partial charge in [0.15, 0.2) is 0 Å². The number of aromatic nitrogens is 1. The van der Waals surface area contributed by atoms with Crippen molar-refractivity contribution in [3.8, 4) is 0 Å². The quantitative estimate of drug-likeness (QED) is 0.720. The Kier molecular flexibility index (Phi) is 4.32. The molecule has 1 heterocycles. The van der Waals surface area contributed by atoms with Crippen molar-refractivity contribution in [1.82, 2.24) is 10.3 Å². The third kappa shape index (κ3) is 3.30. The smallest absolute Gasteiger partial charge is 0.141 e. The molecule has 0 aliphatic rings. The van der Waals surface area contributed by atoms with Gasteiger partial charge in [0.2, 0.25) is 0 Å². The lowest BCUT2D eigenvalue weighted by Gasteiger charge is -2.17. The summed E-state index contributed by atoms with van der Waals surface area (Å²) in [4.78, 5) is 5.97. The number of rotatable bonds is 5. The zero-order valence-corrected chi connectivity index (χ0v) is 8.63. The second kappa shape index (κ2) is 5.54. The zero-order chi connectivity index (χ0) is 10.4. The first-order valence-corrected chi connectivity index (χ1v) is 4.77. The van der Waals surface area contributed by atoms with Gasteiger partial charge in [-0.2, -0.15) is 0 Å². The average Bonchev–Trinajstić information content (AvgIpc) is 2.19.